The van der Waals surface area contributed by atoms with E-state index in [0.29, 0.717) is 19.0 Å². The van der Waals surface area contributed by atoms with Crippen LogP contribution in [0.5, 0.6) is 0 Å². The van der Waals surface area contributed by atoms with Gasteiger partial charge in [0.15, 0.2) is 0 Å². The number of anilines is 1. The molecule has 2 aliphatic heterocycles. The predicted molar refractivity (Wildman–Crippen MR) is 60.5 cm³/mol. The molecular weight excluding hydrogens is 206 g/mol. The molecule has 0 aliphatic carbocycles. The Balaban J connectivity index is 1.96. The van der Waals surface area contributed by atoms with Crippen LogP contribution in [0, 0.1) is 0 Å². The molecule has 0 aromatic carbocycles. The van der Waals surface area contributed by atoms with Gasteiger partial charge in [0.25, 0.3) is 5.56 Å². The van der Waals surface area contributed by atoms with Gasteiger partial charge in [-0.15, -0.1) is 0 Å². The van der Waals surface area contributed by atoms with Crippen LogP contribution in [-0.2, 0) is 13.1 Å². The zero-order valence-corrected chi connectivity index (χ0v) is 9.05. The largest absolute Gasteiger partial charge is 0.340 e. The van der Waals surface area contributed by atoms with E-state index in [1.165, 1.54) is 0 Å². The first-order valence-corrected chi connectivity index (χ1v) is 5.63. The summed E-state index contributed by atoms with van der Waals surface area (Å²) in [5.41, 5.74) is 1.69. The Kier molecular flexibility index (Phi) is 2.37. The zero-order valence-electron chi connectivity index (χ0n) is 9.05. The van der Waals surface area contributed by atoms with Gasteiger partial charge in [0, 0.05) is 39.3 Å². The molecule has 3 N–H and O–H groups in total. The quantitative estimate of drug-likeness (QED) is 0.554. The van der Waals surface area contributed by atoms with Crippen molar-refractivity contribution in [2.75, 3.05) is 31.1 Å². The maximum atomic E-state index is 11.8. The average Bonchev–Trinajstić information content (AvgIpc) is 2.79. The molecule has 1 aromatic rings. The second kappa shape index (κ2) is 3.88. The molecule has 6 nitrogen and oxygen atoms in total. The lowest BCUT2D eigenvalue weighted by molar-refractivity contribution is 0.578. The third kappa shape index (κ3) is 1.60. The van der Waals surface area contributed by atoms with Crippen LogP contribution in [0.25, 0.3) is 0 Å². The van der Waals surface area contributed by atoms with Crippen LogP contribution in [0.1, 0.15) is 11.3 Å². The fourth-order valence-corrected chi connectivity index (χ4v) is 2.19. The van der Waals surface area contributed by atoms with Gasteiger partial charge < -0.3 is 15.5 Å². The molecule has 16 heavy (non-hydrogen) atoms. The number of H-pyrrole nitrogens is 1. The minimum absolute atomic E-state index is 0.00327. The minimum atomic E-state index is 0.00327. The molecule has 2 aliphatic rings. The standard InChI is InChI=1S/C10H15N5O/c16-9-7-5-12-6-8(7)13-10(14-9)15-3-1-11-2-4-15/h11-12H,1-6H2,(H,13,14,16). The third-order valence-corrected chi connectivity index (χ3v) is 3.10. The lowest BCUT2D eigenvalue weighted by Gasteiger charge is -2.27. The van der Waals surface area contributed by atoms with Gasteiger partial charge in [-0.25, -0.2) is 4.98 Å². The molecule has 0 amide bonds. The summed E-state index contributed by atoms with van der Waals surface area (Å²) in [6.45, 7) is 5.03. The second-order valence-electron chi connectivity index (χ2n) is 4.16. The molecule has 0 unspecified atom stereocenters. The lowest BCUT2D eigenvalue weighted by atomic mass is 10.3. The fourth-order valence-electron chi connectivity index (χ4n) is 2.19. The van der Waals surface area contributed by atoms with E-state index in [9.17, 15) is 4.79 Å². The first kappa shape index (κ1) is 9.80. The van der Waals surface area contributed by atoms with Crippen LogP contribution in [0.3, 0.4) is 0 Å². The summed E-state index contributed by atoms with van der Waals surface area (Å²) in [6.07, 6.45) is 0. The summed E-state index contributed by atoms with van der Waals surface area (Å²) >= 11 is 0. The molecule has 0 saturated carbocycles. The molecule has 1 fully saturated rings. The highest BCUT2D eigenvalue weighted by Crippen LogP contribution is 2.12. The highest BCUT2D eigenvalue weighted by molar-refractivity contribution is 5.35. The smallest absolute Gasteiger partial charge is 0.257 e. The van der Waals surface area contributed by atoms with Gasteiger partial charge in [0.05, 0.1) is 11.3 Å². The summed E-state index contributed by atoms with van der Waals surface area (Å²) < 4.78 is 0. The van der Waals surface area contributed by atoms with Gasteiger partial charge in [0.2, 0.25) is 5.95 Å². The molecule has 1 saturated heterocycles. The summed E-state index contributed by atoms with van der Waals surface area (Å²) in [7, 11) is 0. The van der Waals surface area contributed by atoms with Crippen LogP contribution < -0.4 is 21.1 Å². The second-order valence-corrected chi connectivity index (χ2v) is 4.16. The summed E-state index contributed by atoms with van der Waals surface area (Å²) in [5.74, 6) is 0.717. The fraction of sp³-hybridized carbons (Fsp3) is 0.600. The number of nitrogens with one attached hydrogen (secondary N) is 3. The number of aromatic amines is 1. The van der Waals surface area contributed by atoms with Crippen molar-refractivity contribution < 1.29 is 0 Å². The Bertz CT molecular complexity index is 449. The normalized spacial score (nSPS) is 19.9. The highest BCUT2D eigenvalue weighted by atomic mass is 16.1. The van der Waals surface area contributed by atoms with Crippen LogP contribution in [0.15, 0.2) is 4.79 Å². The molecule has 3 rings (SSSR count). The Morgan fingerprint density at radius 2 is 1.94 bits per heavy atom. The molecule has 3 heterocycles. The summed E-state index contributed by atoms with van der Waals surface area (Å²) in [6, 6.07) is 0. The van der Waals surface area contributed by atoms with Crippen molar-refractivity contribution in [1.82, 2.24) is 20.6 Å². The van der Waals surface area contributed by atoms with E-state index in [0.717, 1.165) is 37.4 Å². The highest BCUT2D eigenvalue weighted by Gasteiger charge is 2.19. The lowest BCUT2D eigenvalue weighted by Crippen LogP contribution is -2.45. The number of nitrogens with zero attached hydrogens (tertiary/aromatic N) is 2. The van der Waals surface area contributed by atoms with Crippen molar-refractivity contribution in [3.8, 4) is 0 Å². The number of hydrogen-bond acceptors (Lipinski definition) is 5. The van der Waals surface area contributed by atoms with Crippen molar-refractivity contribution >= 4 is 5.95 Å². The average molecular weight is 221 g/mol. The minimum Gasteiger partial charge on any atom is -0.340 e. The van der Waals surface area contributed by atoms with Crippen LogP contribution in [0.2, 0.25) is 0 Å². The van der Waals surface area contributed by atoms with E-state index < -0.39 is 0 Å². The molecule has 0 atom stereocenters. The van der Waals surface area contributed by atoms with Gasteiger partial charge in [-0.1, -0.05) is 0 Å². The van der Waals surface area contributed by atoms with E-state index in [1.54, 1.807) is 0 Å². The molecule has 1 aromatic heterocycles. The number of hydrogen-bond donors (Lipinski definition) is 3. The maximum Gasteiger partial charge on any atom is 0.257 e. The first-order valence-electron chi connectivity index (χ1n) is 5.63. The van der Waals surface area contributed by atoms with E-state index in [2.05, 4.69) is 25.5 Å². The van der Waals surface area contributed by atoms with Gasteiger partial charge in [-0.3, -0.25) is 9.78 Å². The number of aromatic nitrogens is 2. The van der Waals surface area contributed by atoms with E-state index in [1.807, 2.05) is 0 Å². The van der Waals surface area contributed by atoms with Crippen molar-refractivity contribution in [3.63, 3.8) is 0 Å². The van der Waals surface area contributed by atoms with Crippen molar-refractivity contribution in [2.24, 2.45) is 0 Å². The molecular formula is C10H15N5O. The summed E-state index contributed by atoms with van der Waals surface area (Å²) in [4.78, 5) is 21.3. The van der Waals surface area contributed by atoms with Crippen molar-refractivity contribution in [3.05, 3.63) is 21.6 Å². The molecule has 6 heteroatoms. The number of rotatable bonds is 1. The van der Waals surface area contributed by atoms with E-state index in [4.69, 9.17) is 0 Å². The number of fused-ring (bicyclic) bond motifs is 1. The van der Waals surface area contributed by atoms with E-state index in [-0.39, 0.29) is 5.56 Å². The third-order valence-electron chi connectivity index (χ3n) is 3.10. The topological polar surface area (TPSA) is 73.0 Å². The Morgan fingerprint density at radius 1 is 1.12 bits per heavy atom. The predicted octanol–water partition coefficient (Wildman–Crippen LogP) is -1.22. The van der Waals surface area contributed by atoms with Gasteiger partial charge in [0.1, 0.15) is 0 Å². The monoisotopic (exact) mass is 221 g/mol. The van der Waals surface area contributed by atoms with Gasteiger partial charge in [-0.05, 0) is 0 Å². The Morgan fingerprint density at radius 3 is 2.75 bits per heavy atom. The maximum absolute atomic E-state index is 11.8. The van der Waals surface area contributed by atoms with Crippen LogP contribution in [0.4, 0.5) is 5.95 Å². The van der Waals surface area contributed by atoms with E-state index >= 15 is 0 Å². The zero-order chi connectivity index (χ0) is 11.0. The van der Waals surface area contributed by atoms with Crippen LogP contribution in [-0.4, -0.2) is 36.1 Å². The molecule has 0 radical (unpaired) electrons. The van der Waals surface area contributed by atoms with Gasteiger partial charge in [-0.2, -0.15) is 0 Å². The Hall–Kier alpha value is -1.40. The first-order chi connectivity index (χ1) is 7.84. The van der Waals surface area contributed by atoms with Gasteiger partial charge >= 0.3 is 0 Å². The van der Waals surface area contributed by atoms with Crippen molar-refractivity contribution in [2.45, 2.75) is 13.1 Å². The molecule has 0 bridgehead atoms. The molecule has 86 valence electrons. The SMILES string of the molecule is O=c1[nH]c(N2CCNCC2)nc2c1CNC2. The number of piperazine rings is 1. The van der Waals surface area contributed by atoms with Crippen LogP contribution >= 0.6 is 0 Å². The van der Waals surface area contributed by atoms with Crippen molar-refractivity contribution in [1.29, 1.82) is 0 Å². The molecule has 0 spiro atoms. The summed E-state index contributed by atoms with van der Waals surface area (Å²) in [5, 5.41) is 6.42. The Labute approximate surface area is 93.1 Å².